The lowest BCUT2D eigenvalue weighted by molar-refractivity contribution is 0.265. The Bertz CT molecular complexity index is 1400. The van der Waals surface area contributed by atoms with Crippen molar-refractivity contribution in [3.8, 4) is 5.19 Å². The van der Waals surface area contributed by atoms with Gasteiger partial charge in [-0.05, 0) is 43.3 Å². The van der Waals surface area contributed by atoms with Crippen molar-refractivity contribution in [1.29, 1.82) is 0 Å². The normalized spacial score (nSPS) is 16.7. The second-order valence-corrected chi connectivity index (χ2v) is 9.77. The van der Waals surface area contributed by atoms with E-state index in [2.05, 4.69) is 9.71 Å². The number of benzene rings is 1. The van der Waals surface area contributed by atoms with Crippen LogP contribution in [-0.2, 0) is 10.0 Å². The smallest absolute Gasteiger partial charge is 0.341 e. The van der Waals surface area contributed by atoms with E-state index in [-0.39, 0.29) is 11.0 Å². The van der Waals surface area contributed by atoms with Gasteiger partial charge < -0.3 is 14.9 Å². The first-order valence-electron chi connectivity index (χ1n) is 9.51. The molecule has 8 nitrogen and oxygen atoms in total. The van der Waals surface area contributed by atoms with Crippen molar-refractivity contribution >= 4 is 33.5 Å². The first kappa shape index (κ1) is 21.4. The molecule has 0 saturated carbocycles. The lowest BCUT2D eigenvalue weighted by Gasteiger charge is -2.18. The van der Waals surface area contributed by atoms with Crippen LogP contribution in [0.25, 0.3) is 12.2 Å². The Kier molecular flexibility index (Phi) is 5.80. The second-order valence-electron chi connectivity index (χ2n) is 7.02. The van der Waals surface area contributed by atoms with E-state index in [1.165, 1.54) is 30.5 Å². The number of ether oxygens (including phenoxy) is 1. The highest BCUT2D eigenvalue weighted by atomic mass is 32.2. The van der Waals surface area contributed by atoms with Gasteiger partial charge in [-0.15, -0.1) is 0 Å². The summed E-state index contributed by atoms with van der Waals surface area (Å²) in [7, 11) is -2.30. The number of nitrogens with one attached hydrogen (secondary N) is 1. The number of hydrogen-bond donors (Lipinski definition) is 2. The maximum atomic E-state index is 12.8. The number of hydrogen-bond acceptors (Lipinski definition) is 8. The molecule has 1 aromatic carbocycles. The number of fused-ring (bicyclic) bond motifs is 1. The average Bonchev–Trinajstić information content (AvgIpc) is 3.26. The first-order chi connectivity index (χ1) is 14.8. The predicted molar refractivity (Wildman–Crippen MR) is 118 cm³/mol. The van der Waals surface area contributed by atoms with E-state index in [0.29, 0.717) is 33.7 Å². The lowest BCUT2D eigenvalue weighted by atomic mass is 9.95. The fourth-order valence-electron chi connectivity index (χ4n) is 3.54. The van der Waals surface area contributed by atoms with Crippen molar-refractivity contribution in [1.82, 2.24) is 9.71 Å². The lowest BCUT2D eigenvalue weighted by Crippen LogP contribution is -2.40. The minimum absolute atomic E-state index is 0.0741. The molecule has 0 aliphatic heterocycles. The molecular weight excluding hydrogens is 438 g/mol. The molecule has 0 fully saturated rings. The molecule has 4 rings (SSSR count). The van der Waals surface area contributed by atoms with E-state index in [9.17, 15) is 13.2 Å². The molecule has 0 saturated heterocycles. The highest BCUT2D eigenvalue weighted by Gasteiger charge is 2.22. The van der Waals surface area contributed by atoms with E-state index < -0.39 is 21.7 Å². The van der Waals surface area contributed by atoms with Crippen LogP contribution in [0, 0.1) is 6.92 Å². The number of thiazole rings is 1. The molecule has 0 amide bonds. The third-order valence-corrected chi connectivity index (χ3v) is 7.23. The summed E-state index contributed by atoms with van der Waals surface area (Å²) >= 11 is 1.39. The van der Waals surface area contributed by atoms with Crippen LogP contribution in [0.15, 0.2) is 49.9 Å². The Morgan fingerprint density at radius 3 is 2.90 bits per heavy atom. The van der Waals surface area contributed by atoms with Crippen LogP contribution in [0.1, 0.15) is 29.2 Å². The molecular formula is C21H21N3O5S2. The zero-order valence-electron chi connectivity index (χ0n) is 16.9. The van der Waals surface area contributed by atoms with Crippen LogP contribution >= 0.6 is 11.3 Å². The summed E-state index contributed by atoms with van der Waals surface area (Å²) in [5.74, 6) is 0. The van der Waals surface area contributed by atoms with Crippen molar-refractivity contribution in [2.45, 2.75) is 30.4 Å². The van der Waals surface area contributed by atoms with E-state index in [4.69, 9.17) is 14.9 Å². The van der Waals surface area contributed by atoms with Crippen molar-refractivity contribution in [2.75, 3.05) is 7.05 Å². The quantitative estimate of drug-likeness (QED) is 0.558. The van der Waals surface area contributed by atoms with Crippen molar-refractivity contribution in [2.24, 2.45) is 5.73 Å². The van der Waals surface area contributed by atoms with Crippen LogP contribution in [0.4, 0.5) is 0 Å². The molecule has 3 N–H and O–H groups in total. The molecule has 0 radical (unpaired) electrons. The summed E-state index contributed by atoms with van der Waals surface area (Å²) in [6.07, 6.45) is 5.68. The van der Waals surface area contributed by atoms with Gasteiger partial charge in [0.25, 0.3) is 5.19 Å². The summed E-state index contributed by atoms with van der Waals surface area (Å²) < 4.78 is 37.9. The number of nitrogens with two attached hydrogens (primary N) is 1. The van der Waals surface area contributed by atoms with E-state index in [0.717, 1.165) is 5.22 Å². The number of aromatic nitrogens is 1. The second kappa shape index (κ2) is 8.39. The molecule has 31 heavy (non-hydrogen) atoms. The summed E-state index contributed by atoms with van der Waals surface area (Å²) in [5.41, 5.74) is 7.74. The molecule has 2 aromatic heterocycles. The van der Waals surface area contributed by atoms with Crippen molar-refractivity contribution < 1.29 is 17.6 Å². The standard InChI is InChI=1S/C21H21N3O5S2/c1-12-16-7-6-14(28-21-24-8-9-30-21)11-17(16)29-20(25)18(12)19(22)13-4-3-5-15(10-13)31(26,27)23-2/h3-5,7-11,14,19,23H,6,22H2,1-2H3. The van der Waals surface area contributed by atoms with Gasteiger partial charge in [0.15, 0.2) is 0 Å². The predicted octanol–water partition coefficient (Wildman–Crippen LogP) is 0.773. The number of nitrogens with zero attached hydrogens (tertiary/aromatic N) is 1. The maximum absolute atomic E-state index is 12.8. The van der Waals surface area contributed by atoms with Crippen LogP contribution in [0.2, 0.25) is 0 Å². The average molecular weight is 460 g/mol. The highest BCUT2D eigenvalue weighted by molar-refractivity contribution is 7.89. The monoisotopic (exact) mass is 459 g/mol. The van der Waals surface area contributed by atoms with Crippen molar-refractivity contribution in [3.05, 3.63) is 73.6 Å². The van der Waals surface area contributed by atoms with Crippen LogP contribution < -0.4 is 31.5 Å². The molecule has 1 aliphatic carbocycles. The van der Waals surface area contributed by atoms with Gasteiger partial charge in [0, 0.05) is 23.2 Å². The fraction of sp³-hybridized carbons (Fsp3) is 0.238. The molecule has 2 heterocycles. The van der Waals surface area contributed by atoms with Crippen LogP contribution in [0.5, 0.6) is 5.19 Å². The summed E-state index contributed by atoms with van der Waals surface area (Å²) in [6.45, 7) is 1.81. The van der Waals surface area contributed by atoms with Gasteiger partial charge in [0.2, 0.25) is 10.0 Å². The molecule has 2 atom stereocenters. The Labute approximate surface area is 182 Å². The fourth-order valence-corrected chi connectivity index (χ4v) is 4.86. The molecule has 2 unspecified atom stereocenters. The van der Waals surface area contributed by atoms with Crippen molar-refractivity contribution in [3.63, 3.8) is 0 Å². The minimum atomic E-state index is -3.64. The maximum Gasteiger partial charge on any atom is 0.341 e. The summed E-state index contributed by atoms with van der Waals surface area (Å²) in [4.78, 5) is 17.0. The molecule has 3 aromatic rings. The van der Waals surface area contributed by atoms with Gasteiger partial charge in [0.1, 0.15) is 11.5 Å². The zero-order valence-corrected chi connectivity index (χ0v) is 18.5. The minimum Gasteiger partial charge on any atom is -0.462 e. The zero-order chi connectivity index (χ0) is 22.2. The van der Waals surface area contributed by atoms with Gasteiger partial charge in [-0.3, -0.25) is 0 Å². The Morgan fingerprint density at radius 2 is 2.19 bits per heavy atom. The van der Waals surface area contributed by atoms with Gasteiger partial charge >= 0.3 is 5.63 Å². The largest absolute Gasteiger partial charge is 0.462 e. The summed E-state index contributed by atoms with van der Waals surface area (Å²) in [5, 5.41) is 3.15. The SMILES string of the molecule is CNS(=O)(=O)c1cccc(C(N)c2c(C)c3c(oc2=O)=CC(Oc2nccs2)CC=3)c1. The molecule has 10 heteroatoms. The Morgan fingerprint density at radius 1 is 1.39 bits per heavy atom. The third-order valence-electron chi connectivity index (χ3n) is 5.16. The van der Waals surface area contributed by atoms with E-state index >= 15 is 0 Å². The third kappa shape index (κ3) is 4.19. The number of sulfonamides is 1. The van der Waals surface area contributed by atoms with Gasteiger partial charge in [-0.2, -0.15) is 0 Å². The van der Waals surface area contributed by atoms with Gasteiger partial charge in [-0.1, -0.05) is 29.5 Å². The first-order valence-corrected chi connectivity index (χ1v) is 11.9. The molecule has 0 spiro atoms. The molecule has 1 aliphatic rings. The highest BCUT2D eigenvalue weighted by Crippen LogP contribution is 2.22. The summed E-state index contributed by atoms with van der Waals surface area (Å²) in [6, 6.07) is 5.37. The van der Waals surface area contributed by atoms with Gasteiger partial charge in [-0.25, -0.2) is 22.9 Å². The topological polar surface area (TPSA) is 125 Å². The molecule has 162 valence electrons. The molecule has 0 bridgehead atoms. The van der Waals surface area contributed by atoms with Gasteiger partial charge in [0.05, 0.1) is 16.5 Å². The van der Waals surface area contributed by atoms with Crippen LogP contribution in [0.3, 0.4) is 0 Å². The van der Waals surface area contributed by atoms with Crippen LogP contribution in [-0.4, -0.2) is 26.6 Å². The van der Waals surface area contributed by atoms with E-state index in [1.807, 2.05) is 18.4 Å². The Balaban J connectivity index is 1.74. The Hall–Kier alpha value is -2.79. The number of rotatable bonds is 6. The van der Waals surface area contributed by atoms with E-state index in [1.54, 1.807) is 24.4 Å².